The average Bonchev–Trinajstić information content (AvgIpc) is 3.49. The second kappa shape index (κ2) is 25.1. The van der Waals surface area contributed by atoms with Crippen LogP contribution in [0.4, 0.5) is 0 Å². The molecule has 2 spiro atoms. The number of ether oxygens (including phenoxy) is 3. The molecular weight excluding hydrogens is 756 g/mol. The first kappa shape index (κ1) is 48.7. The van der Waals surface area contributed by atoms with Gasteiger partial charge in [-0.2, -0.15) is 0 Å². The molecule has 8 atom stereocenters. The van der Waals surface area contributed by atoms with E-state index in [1.807, 2.05) is 0 Å². The van der Waals surface area contributed by atoms with Gasteiger partial charge in [0.15, 0.2) is 11.6 Å². The first-order valence-electron chi connectivity index (χ1n) is 23.5. The number of aliphatic hydroxyl groups is 1. The molecule has 1 unspecified atom stereocenters. The number of rotatable bonds is 25. The third-order valence-electron chi connectivity index (χ3n) is 13.3. The van der Waals surface area contributed by atoms with Crippen molar-refractivity contribution in [2.24, 2.45) is 17.4 Å². The first-order valence-corrected chi connectivity index (χ1v) is 23.5. The molecule has 13 heteroatoms. The van der Waals surface area contributed by atoms with Gasteiger partial charge in [0.05, 0.1) is 37.0 Å². The fraction of sp³-hybridized carbons (Fsp3) is 0.889. The van der Waals surface area contributed by atoms with E-state index in [2.05, 4.69) is 41.2 Å². The molecule has 7 N–H and O–H groups in total. The van der Waals surface area contributed by atoms with Crippen LogP contribution in [-0.2, 0) is 23.8 Å². The lowest BCUT2D eigenvalue weighted by molar-refractivity contribution is -0.609. The van der Waals surface area contributed by atoms with Gasteiger partial charge in [-0.05, 0) is 84.2 Å². The summed E-state index contributed by atoms with van der Waals surface area (Å²) in [7, 11) is 0. The van der Waals surface area contributed by atoms with Crippen LogP contribution in [0.25, 0.3) is 0 Å². The normalized spacial score (nSPS) is 29.3. The van der Waals surface area contributed by atoms with Gasteiger partial charge in [0.2, 0.25) is 11.6 Å². The Kier molecular flexibility index (Phi) is 21.1. The van der Waals surface area contributed by atoms with Crippen LogP contribution >= 0.6 is 0 Å². The average molecular weight is 838 g/mol. The van der Waals surface area contributed by atoms with Crippen molar-refractivity contribution in [3.63, 3.8) is 0 Å². The molecule has 1 amide bonds. The summed E-state index contributed by atoms with van der Waals surface area (Å²) in [5.41, 5.74) is 10.0. The molecule has 0 bridgehead atoms. The van der Waals surface area contributed by atoms with E-state index in [1.54, 1.807) is 4.90 Å². The molecule has 5 heterocycles. The summed E-state index contributed by atoms with van der Waals surface area (Å²) in [6, 6.07) is 0.391. The Balaban J connectivity index is 0.00000744. The van der Waals surface area contributed by atoms with Crippen LogP contribution in [0.5, 0.6) is 0 Å². The number of nitrogens with one attached hydrogen (secondary N) is 2. The van der Waals surface area contributed by atoms with E-state index >= 15 is 0 Å². The Hall–Kier alpha value is -1.96. The maximum Gasteiger partial charge on any atom is 0.350 e. The predicted molar refractivity (Wildman–Crippen MR) is 225 cm³/mol. The second-order valence-corrected chi connectivity index (χ2v) is 17.9. The molecular formula is C45H81ClN6O6. The Morgan fingerprint density at radius 2 is 1.62 bits per heavy atom. The van der Waals surface area contributed by atoms with Gasteiger partial charge in [-0.3, -0.25) is 14.2 Å². The number of hydrogen-bond acceptors (Lipinski definition) is 10. The van der Waals surface area contributed by atoms with Crippen molar-refractivity contribution in [2.75, 3.05) is 32.8 Å². The minimum atomic E-state index is -0.761. The number of unbranched alkanes of at least 4 members (excludes halogenated alkanes) is 12. The highest BCUT2D eigenvalue weighted by Crippen LogP contribution is 2.45. The van der Waals surface area contributed by atoms with Crippen LogP contribution < -0.4 is 34.5 Å². The Morgan fingerprint density at radius 3 is 2.28 bits per heavy atom. The zero-order chi connectivity index (χ0) is 40.5. The van der Waals surface area contributed by atoms with Gasteiger partial charge in [0.25, 0.3) is 0 Å². The molecule has 334 valence electrons. The molecule has 0 aromatic carbocycles. The van der Waals surface area contributed by atoms with Crippen molar-refractivity contribution in [1.29, 1.82) is 0 Å². The molecule has 0 aromatic rings. The lowest BCUT2D eigenvalue weighted by Gasteiger charge is -2.50. The lowest BCUT2D eigenvalue weighted by Crippen LogP contribution is -3.00. The van der Waals surface area contributed by atoms with E-state index in [9.17, 15) is 14.7 Å². The van der Waals surface area contributed by atoms with Crippen molar-refractivity contribution >= 4 is 17.8 Å². The maximum atomic E-state index is 14.1. The third-order valence-corrected chi connectivity index (χ3v) is 13.3. The first-order chi connectivity index (χ1) is 27.7. The van der Waals surface area contributed by atoms with Crippen LogP contribution in [0.2, 0.25) is 0 Å². The zero-order valence-electron chi connectivity index (χ0n) is 36.2. The van der Waals surface area contributed by atoms with E-state index in [1.165, 1.54) is 57.8 Å². The van der Waals surface area contributed by atoms with Gasteiger partial charge in [-0.1, -0.05) is 89.7 Å². The Labute approximate surface area is 356 Å². The molecule has 12 nitrogen and oxygen atoms in total. The highest BCUT2D eigenvalue weighted by molar-refractivity contribution is 5.82. The summed E-state index contributed by atoms with van der Waals surface area (Å²) in [6.07, 6.45) is 29.7. The molecule has 0 aromatic heterocycles. The van der Waals surface area contributed by atoms with E-state index in [0.717, 1.165) is 95.9 Å². The number of nitrogens with zero attached hydrogens (tertiary/aromatic N) is 2. The SMILES string of the molecule is CC[C@H]1C=CCC[C@@]2(C[C@@H]3CC[C@H]4[C@@H](C(=O)OCCCCCCCCCCCCCCCC(=O)N(CCCN)CC(O)CCN)[C@@]5(CCC[C@@H](C)O5)NC(=[N+]34)N2)O1.[Cl-]. The van der Waals surface area contributed by atoms with Gasteiger partial charge >= 0.3 is 11.9 Å². The van der Waals surface area contributed by atoms with E-state index in [0.29, 0.717) is 51.7 Å². The quantitative estimate of drug-likeness (QED) is 0.0400. The summed E-state index contributed by atoms with van der Waals surface area (Å²) in [4.78, 5) is 28.5. The number of esters is 1. The lowest BCUT2D eigenvalue weighted by atomic mass is 9.80. The van der Waals surface area contributed by atoms with Crippen LogP contribution in [0, 0.1) is 5.92 Å². The molecule has 0 radical (unpaired) electrons. The molecule has 5 aliphatic heterocycles. The Morgan fingerprint density at radius 1 is 0.931 bits per heavy atom. The largest absolute Gasteiger partial charge is 1.00 e. The van der Waals surface area contributed by atoms with E-state index in [-0.39, 0.29) is 48.5 Å². The molecule has 0 aliphatic carbocycles. The summed E-state index contributed by atoms with van der Waals surface area (Å²) >= 11 is 0. The fourth-order valence-corrected chi connectivity index (χ4v) is 10.3. The minimum Gasteiger partial charge on any atom is -1.00 e. The number of carbonyl (C=O) groups is 2. The number of allylic oxidation sites excluding steroid dienone is 1. The summed E-state index contributed by atoms with van der Waals surface area (Å²) in [5, 5.41) is 17.8. The topological polar surface area (TPSA) is 164 Å². The van der Waals surface area contributed by atoms with Gasteiger partial charge in [0, 0.05) is 38.8 Å². The highest BCUT2D eigenvalue weighted by Gasteiger charge is 2.64. The molecule has 2 fully saturated rings. The fourth-order valence-electron chi connectivity index (χ4n) is 10.3. The number of carbonyl (C=O) groups excluding carboxylic acids is 2. The van der Waals surface area contributed by atoms with E-state index < -0.39 is 17.6 Å². The van der Waals surface area contributed by atoms with Gasteiger partial charge < -0.3 is 48.1 Å². The summed E-state index contributed by atoms with van der Waals surface area (Å²) in [6.45, 7) is 6.73. The molecule has 58 heavy (non-hydrogen) atoms. The predicted octanol–water partition coefficient (Wildman–Crippen LogP) is 3.12. The van der Waals surface area contributed by atoms with Crippen molar-refractivity contribution in [1.82, 2.24) is 15.5 Å². The number of hydrogen-bond donors (Lipinski definition) is 5. The highest BCUT2D eigenvalue weighted by atomic mass is 35.5. The zero-order valence-corrected chi connectivity index (χ0v) is 37.0. The third kappa shape index (κ3) is 13.8. The molecule has 0 saturated carbocycles. The number of amides is 1. The number of halogens is 1. The van der Waals surface area contributed by atoms with Crippen molar-refractivity contribution in [2.45, 2.75) is 216 Å². The van der Waals surface area contributed by atoms with Crippen LogP contribution in [-0.4, -0.2) is 107 Å². The van der Waals surface area contributed by atoms with Gasteiger partial charge in [-0.15, -0.1) is 0 Å². The Bertz CT molecular complexity index is 1310. The molecule has 5 rings (SSSR count). The minimum absolute atomic E-state index is 0. The molecule has 5 aliphatic rings. The summed E-state index contributed by atoms with van der Waals surface area (Å²) in [5.74, 6) is 0.653. The smallest absolute Gasteiger partial charge is 0.350 e. The second-order valence-electron chi connectivity index (χ2n) is 17.9. The van der Waals surface area contributed by atoms with Crippen molar-refractivity contribution in [3.05, 3.63) is 12.2 Å². The molecule has 2 saturated heterocycles. The number of nitrogens with two attached hydrogens (primary N) is 2. The van der Waals surface area contributed by atoms with Gasteiger partial charge in [-0.25, -0.2) is 10.6 Å². The van der Waals surface area contributed by atoms with Crippen LogP contribution in [0.15, 0.2) is 12.2 Å². The number of aliphatic hydroxyl groups excluding tert-OH is 1. The number of guanidine groups is 1. The van der Waals surface area contributed by atoms with Crippen molar-refractivity contribution in [3.8, 4) is 0 Å². The van der Waals surface area contributed by atoms with E-state index in [4.69, 9.17) is 25.7 Å². The van der Waals surface area contributed by atoms with Crippen LogP contribution in [0.3, 0.4) is 0 Å². The maximum absolute atomic E-state index is 14.1. The van der Waals surface area contributed by atoms with Crippen molar-refractivity contribution < 1.29 is 45.9 Å². The van der Waals surface area contributed by atoms with Gasteiger partial charge in [0.1, 0.15) is 0 Å². The summed E-state index contributed by atoms with van der Waals surface area (Å²) < 4.78 is 22.1. The van der Waals surface area contributed by atoms with Crippen LogP contribution in [0.1, 0.15) is 174 Å². The standard InChI is InChI=1S/C45H80N6O6.ClH/c1-3-38-22-16-17-27-44(57-38)33-36-24-25-39-41(45(28-19-21-35(2)56-45)49-43(48-44)51(36)39)42(54)55-32-18-14-12-10-8-6-4-5-7-9-11-13-15-23-40(53)50(31-20-29-46)34-37(52)26-30-47;/h16,22,35-39,41,52H,3-15,17-21,23-34,46-47H2,1-2H3,(H,48,49);1H/t35-,36+,37?,38+,39+,41+,44+,45+;/m1./s1. The monoisotopic (exact) mass is 837 g/mol.